The second kappa shape index (κ2) is 12.7. The highest BCUT2D eigenvalue weighted by atomic mass is 35.5. The zero-order valence-electron chi connectivity index (χ0n) is 21.1. The number of nitrogens with one attached hydrogen (secondary N) is 1. The van der Waals surface area contributed by atoms with E-state index in [1.807, 2.05) is 54.6 Å². The van der Waals surface area contributed by atoms with Crippen molar-refractivity contribution in [3.8, 4) is 16.9 Å². The first-order valence-corrected chi connectivity index (χ1v) is 12.7. The number of anilines is 1. The Morgan fingerprint density at radius 2 is 1.81 bits per heavy atom. The van der Waals surface area contributed by atoms with Crippen LogP contribution in [0.5, 0.6) is 5.75 Å². The van der Waals surface area contributed by atoms with Gasteiger partial charge in [-0.1, -0.05) is 53.8 Å². The van der Waals surface area contributed by atoms with Crippen molar-refractivity contribution in [1.29, 1.82) is 0 Å². The van der Waals surface area contributed by atoms with Crippen LogP contribution in [-0.2, 0) is 6.54 Å². The topological polar surface area (TPSA) is 57.7 Å². The maximum atomic E-state index is 13.0. The highest BCUT2D eigenvalue weighted by molar-refractivity contribution is 7.23. The van der Waals surface area contributed by atoms with Crippen molar-refractivity contribution in [3.05, 3.63) is 77.9 Å². The van der Waals surface area contributed by atoms with Gasteiger partial charge in [-0.2, -0.15) is 0 Å². The molecule has 0 radical (unpaired) electrons. The van der Waals surface area contributed by atoms with Crippen molar-refractivity contribution >= 4 is 57.4 Å². The smallest absolute Gasteiger partial charge is 0.257 e. The maximum absolute atomic E-state index is 13.0. The Hall–Kier alpha value is -2.68. The number of likely N-dealkylation sites (N-methyl/N-ethyl adjacent to an activating group) is 1. The second-order valence-corrected chi connectivity index (χ2v) is 10.2. The monoisotopic (exact) mass is 558 g/mol. The molecule has 1 amide bonds. The Morgan fingerprint density at radius 3 is 2.46 bits per heavy atom. The largest absolute Gasteiger partial charge is 0.494 e. The first-order valence-electron chi connectivity index (χ1n) is 11.8. The zero-order valence-corrected chi connectivity index (χ0v) is 23.6. The van der Waals surface area contributed by atoms with E-state index in [0.29, 0.717) is 22.5 Å². The number of ether oxygens (including phenoxy) is 1. The van der Waals surface area contributed by atoms with Crippen LogP contribution < -0.4 is 10.1 Å². The van der Waals surface area contributed by atoms with Gasteiger partial charge in [-0.25, -0.2) is 4.98 Å². The summed E-state index contributed by atoms with van der Waals surface area (Å²) in [7, 11) is 5.93. The predicted octanol–water partition coefficient (Wildman–Crippen LogP) is 6.20. The van der Waals surface area contributed by atoms with Crippen molar-refractivity contribution in [1.82, 2.24) is 14.8 Å². The van der Waals surface area contributed by atoms with Crippen molar-refractivity contribution in [2.24, 2.45) is 0 Å². The Bertz CT molecular complexity index is 1330. The molecule has 1 aromatic heterocycles. The normalized spacial score (nSPS) is 15.3. The molecule has 196 valence electrons. The fourth-order valence-corrected chi connectivity index (χ4v) is 5.63. The highest BCUT2D eigenvalue weighted by Crippen LogP contribution is 2.39. The summed E-state index contributed by atoms with van der Waals surface area (Å²) in [6, 6.07) is 22.7. The number of fused-ring (bicyclic) bond motifs is 1. The minimum absolute atomic E-state index is 0. The van der Waals surface area contributed by atoms with Gasteiger partial charge in [0.05, 0.1) is 11.8 Å². The van der Waals surface area contributed by atoms with Crippen LogP contribution in [0.3, 0.4) is 0 Å². The van der Waals surface area contributed by atoms with Crippen molar-refractivity contribution in [2.75, 3.05) is 39.6 Å². The van der Waals surface area contributed by atoms with E-state index >= 15 is 0 Å². The number of hydrogen-bond acceptors (Lipinski definition) is 6. The van der Waals surface area contributed by atoms with Crippen LogP contribution in [0.25, 0.3) is 21.3 Å². The first kappa shape index (κ1) is 28.9. The summed E-state index contributed by atoms with van der Waals surface area (Å²) in [5.41, 5.74) is 4.77. The number of hydrogen-bond donors (Lipinski definition) is 1. The lowest BCUT2D eigenvalue weighted by atomic mass is 10.1. The van der Waals surface area contributed by atoms with E-state index in [-0.39, 0.29) is 30.7 Å². The van der Waals surface area contributed by atoms with Crippen LogP contribution in [-0.4, -0.2) is 61.0 Å². The van der Waals surface area contributed by atoms with E-state index in [1.165, 1.54) is 23.3 Å². The number of carbonyl (C=O) groups is 1. The van der Waals surface area contributed by atoms with Gasteiger partial charge in [-0.05, 0) is 55.9 Å². The molecular formula is C28H32Cl2N4O2S. The van der Waals surface area contributed by atoms with Crippen LogP contribution >= 0.6 is 36.2 Å². The van der Waals surface area contributed by atoms with Gasteiger partial charge in [0.25, 0.3) is 5.91 Å². The number of nitrogens with zero attached hydrogens (tertiary/aromatic N) is 3. The molecule has 0 aliphatic carbocycles. The Kier molecular flexibility index (Phi) is 9.93. The summed E-state index contributed by atoms with van der Waals surface area (Å²) in [5.74, 6) is 0.531. The Balaban J connectivity index is 0.00000190. The third-order valence-electron chi connectivity index (χ3n) is 6.63. The van der Waals surface area contributed by atoms with Gasteiger partial charge in [-0.3, -0.25) is 15.0 Å². The van der Waals surface area contributed by atoms with Gasteiger partial charge in [-0.15, -0.1) is 24.8 Å². The third kappa shape index (κ3) is 6.43. The van der Waals surface area contributed by atoms with E-state index in [2.05, 4.69) is 41.3 Å². The van der Waals surface area contributed by atoms with Crippen molar-refractivity contribution < 1.29 is 9.53 Å². The highest BCUT2D eigenvalue weighted by Gasteiger charge is 2.23. The lowest BCUT2D eigenvalue weighted by molar-refractivity contribution is 0.102. The molecule has 0 saturated carbocycles. The fraction of sp³-hybridized carbons (Fsp3) is 0.286. The number of thiazole rings is 1. The maximum Gasteiger partial charge on any atom is 0.257 e. The Morgan fingerprint density at radius 1 is 1.08 bits per heavy atom. The number of methoxy groups -OCH3 is 1. The average molecular weight is 560 g/mol. The van der Waals surface area contributed by atoms with E-state index in [0.717, 1.165) is 41.0 Å². The number of aromatic nitrogens is 1. The van der Waals surface area contributed by atoms with Gasteiger partial charge < -0.3 is 9.64 Å². The van der Waals surface area contributed by atoms with Gasteiger partial charge in [0, 0.05) is 36.8 Å². The van der Waals surface area contributed by atoms with Gasteiger partial charge >= 0.3 is 0 Å². The molecule has 0 unspecified atom stereocenters. The van der Waals surface area contributed by atoms with Gasteiger partial charge in [0.2, 0.25) is 0 Å². The molecule has 5 rings (SSSR count). The van der Waals surface area contributed by atoms with Crippen molar-refractivity contribution in [2.45, 2.75) is 19.0 Å². The number of amides is 1. The number of carbonyl (C=O) groups excluding carboxylic acids is 1. The molecule has 2 heterocycles. The quantitative estimate of drug-likeness (QED) is 0.292. The summed E-state index contributed by atoms with van der Waals surface area (Å²) in [4.78, 5) is 22.4. The van der Waals surface area contributed by atoms with E-state index in [9.17, 15) is 4.79 Å². The molecule has 1 aliphatic rings. The van der Waals surface area contributed by atoms with E-state index in [1.54, 1.807) is 7.11 Å². The molecule has 4 aromatic rings. The summed E-state index contributed by atoms with van der Waals surface area (Å²) in [6.45, 7) is 3.10. The first-order chi connectivity index (χ1) is 17.0. The summed E-state index contributed by atoms with van der Waals surface area (Å²) in [6.07, 6.45) is 1.20. The molecule has 3 aromatic carbocycles. The van der Waals surface area contributed by atoms with Crippen LogP contribution in [0.4, 0.5) is 5.13 Å². The standard InChI is InChI=1S/C28H30N4O2S.2ClH/c1-31(2)22-15-16-32(18-22)17-19-9-11-21(12-10-19)27(33)30-28-29-25-24(34-3)14-13-23(26(25)35-28)20-7-5-4-6-8-20;;/h4-14,22H,15-18H2,1-3H3,(H,29,30,33);2*1H/t22-;;/m1../s1. The SMILES string of the molecule is COc1ccc(-c2ccccc2)c2sc(NC(=O)c3ccc(CN4CC[C@@H](N(C)C)C4)cc3)nc12.Cl.Cl. The lowest BCUT2D eigenvalue weighted by Gasteiger charge is -2.20. The van der Waals surface area contributed by atoms with Crippen LogP contribution in [0.1, 0.15) is 22.3 Å². The van der Waals surface area contributed by atoms with Crippen LogP contribution in [0.15, 0.2) is 66.7 Å². The molecule has 37 heavy (non-hydrogen) atoms. The summed E-state index contributed by atoms with van der Waals surface area (Å²) in [5, 5.41) is 3.54. The second-order valence-electron chi connectivity index (χ2n) is 9.17. The number of halogens is 2. The molecule has 1 atom stereocenters. The zero-order chi connectivity index (χ0) is 24.4. The predicted molar refractivity (Wildman–Crippen MR) is 158 cm³/mol. The summed E-state index contributed by atoms with van der Waals surface area (Å²) < 4.78 is 6.52. The minimum atomic E-state index is -0.162. The molecular weight excluding hydrogens is 527 g/mol. The van der Waals surface area contributed by atoms with E-state index < -0.39 is 0 Å². The molecule has 1 N–H and O–H groups in total. The van der Waals surface area contributed by atoms with Crippen LogP contribution in [0.2, 0.25) is 0 Å². The lowest BCUT2D eigenvalue weighted by Crippen LogP contribution is -2.31. The third-order valence-corrected chi connectivity index (χ3v) is 7.64. The molecule has 0 spiro atoms. The minimum Gasteiger partial charge on any atom is -0.494 e. The molecule has 1 aliphatic heterocycles. The van der Waals surface area contributed by atoms with Gasteiger partial charge in [0.15, 0.2) is 5.13 Å². The number of benzene rings is 3. The number of likely N-dealkylation sites (tertiary alicyclic amines) is 1. The van der Waals surface area contributed by atoms with Crippen LogP contribution in [0, 0.1) is 0 Å². The molecule has 6 nitrogen and oxygen atoms in total. The molecule has 1 saturated heterocycles. The molecule has 1 fully saturated rings. The van der Waals surface area contributed by atoms with E-state index in [4.69, 9.17) is 9.72 Å². The average Bonchev–Trinajstić information content (AvgIpc) is 3.51. The molecule has 0 bridgehead atoms. The van der Waals surface area contributed by atoms with Gasteiger partial charge in [0.1, 0.15) is 11.3 Å². The fourth-order valence-electron chi connectivity index (χ4n) is 4.61. The molecule has 9 heteroatoms. The Labute approximate surface area is 234 Å². The number of rotatable bonds is 7. The van der Waals surface area contributed by atoms with Crippen molar-refractivity contribution in [3.63, 3.8) is 0 Å². The summed E-state index contributed by atoms with van der Waals surface area (Å²) >= 11 is 1.46.